The van der Waals surface area contributed by atoms with Crippen LogP contribution in [0.3, 0.4) is 0 Å². The van der Waals surface area contributed by atoms with Crippen molar-refractivity contribution in [3.05, 3.63) is 70.3 Å². The molecule has 7 heteroatoms. The lowest BCUT2D eigenvalue weighted by Crippen LogP contribution is -2.02. The Balaban J connectivity index is 1.90. The first-order valence-electron chi connectivity index (χ1n) is 7.71. The van der Waals surface area contributed by atoms with Crippen LogP contribution in [-0.4, -0.2) is 28.2 Å². The molecule has 0 saturated carbocycles. The maximum absolute atomic E-state index is 6.00. The van der Waals surface area contributed by atoms with E-state index in [1.54, 1.807) is 18.0 Å². The number of methoxy groups -OCH3 is 1. The zero-order valence-electron chi connectivity index (χ0n) is 14.0. The molecule has 6 nitrogen and oxygen atoms in total. The second kappa shape index (κ2) is 7.76. The molecule has 1 aromatic heterocycles. The summed E-state index contributed by atoms with van der Waals surface area (Å²) in [5.41, 5.74) is 1.86. The molecule has 3 rings (SSSR count). The minimum Gasteiger partial charge on any atom is -0.493 e. The van der Waals surface area contributed by atoms with Crippen molar-refractivity contribution in [3.8, 4) is 11.5 Å². The number of H-pyrrole nitrogens is 1. The molecular formula is C18H18N4O2S. The molecule has 0 saturated heterocycles. The Morgan fingerprint density at radius 1 is 1.20 bits per heavy atom. The van der Waals surface area contributed by atoms with Gasteiger partial charge in [0.15, 0.2) is 11.5 Å². The number of hydrogen-bond donors (Lipinski definition) is 1. The molecule has 0 bridgehead atoms. The topological polar surface area (TPSA) is 64.4 Å². The van der Waals surface area contributed by atoms with Crippen molar-refractivity contribution in [2.75, 3.05) is 7.11 Å². The lowest BCUT2D eigenvalue weighted by molar-refractivity contribution is 0.284. The van der Waals surface area contributed by atoms with Gasteiger partial charge < -0.3 is 9.47 Å². The third kappa shape index (κ3) is 3.95. The molecule has 2 aromatic carbocycles. The number of aromatic amines is 1. The number of aromatic nitrogens is 3. The van der Waals surface area contributed by atoms with E-state index in [9.17, 15) is 0 Å². The van der Waals surface area contributed by atoms with Gasteiger partial charge in [-0.25, -0.2) is 0 Å². The lowest BCUT2D eigenvalue weighted by atomic mass is 10.2. The molecule has 0 amide bonds. The first-order chi connectivity index (χ1) is 12.2. The third-order valence-corrected chi connectivity index (χ3v) is 3.84. The van der Waals surface area contributed by atoms with Gasteiger partial charge >= 0.3 is 0 Å². The highest BCUT2D eigenvalue weighted by molar-refractivity contribution is 7.71. The fraction of sp³-hybridized carbons (Fsp3) is 0.167. The van der Waals surface area contributed by atoms with E-state index in [2.05, 4.69) is 15.3 Å². The Morgan fingerprint density at radius 2 is 2.00 bits per heavy atom. The minimum absolute atomic E-state index is 0.434. The minimum atomic E-state index is 0.434. The van der Waals surface area contributed by atoms with Crippen LogP contribution in [0, 0.1) is 11.7 Å². The number of nitrogens with one attached hydrogen (secondary N) is 1. The molecular weight excluding hydrogens is 336 g/mol. The second-order valence-corrected chi connectivity index (χ2v) is 5.67. The maximum Gasteiger partial charge on any atom is 0.216 e. The summed E-state index contributed by atoms with van der Waals surface area (Å²) in [6, 6.07) is 15.6. The number of benzene rings is 2. The van der Waals surface area contributed by atoms with Crippen molar-refractivity contribution in [1.82, 2.24) is 14.9 Å². The quantitative estimate of drug-likeness (QED) is 0.541. The van der Waals surface area contributed by atoms with E-state index >= 15 is 0 Å². The normalized spacial score (nSPS) is 11.0. The van der Waals surface area contributed by atoms with Crippen molar-refractivity contribution in [3.63, 3.8) is 0 Å². The third-order valence-electron chi connectivity index (χ3n) is 3.58. The van der Waals surface area contributed by atoms with E-state index in [-0.39, 0.29) is 0 Å². The molecule has 0 fully saturated rings. The van der Waals surface area contributed by atoms with Gasteiger partial charge in [0.1, 0.15) is 12.4 Å². The molecule has 0 aliphatic rings. The van der Waals surface area contributed by atoms with Crippen LogP contribution in [0.15, 0.2) is 53.6 Å². The van der Waals surface area contributed by atoms with Crippen molar-refractivity contribution < 1.29 is 9.47 Å². The van der Waals surface area contributed by atoms with Gasteiger partial charge in [-0.15, -0.1) is 0 Å². The summed E-state index contributed by atoms with van der Waals surface area (Å²) in [7, 11) is 1.61. The summed E-state index contributed by atoms with van der Waals surface area (Å²) < 4.78 is 13.4. The van der Waals surface area contributed by atoms with Gasteiger partial charge in [0.25, 0.3) is 0 Å². The van der Waals surface area contributed by atoms with E-state index in [1.807, 2.05) is 55.5 Å². The number of aryl methyl sites for hydroxylation is 1. The number of rotatable bonds is 6. The highest BCUT2D eigenvalue weighted by Crippen LogP contribution is 2.30. The van der Waals surface area contributed by atoms with Crippen LogP contribution in [-0.2, 0) is 6.61 Å². The Kier molecular flexibility index (Phi) is 5.25. The van der Waals surface area contributed by atoms with Gasteiger partial charge in [0.2, 0.25) is 4.77 Å². The van der Waals surface area contributed by atoms with E-state index in [0.717, 1.165) is 11.1 Å². The van der Waals surface area contributed by atoms with Crippen molar-refractivity contribution in [1.29, 1.82) is 0 Å². The number of nitrogens with zero attached hydrogens (tertiary/aromatic N) is 3. The van der Waals surface area contributed by atoms with Crippen LogP contribution in [0.5, 0.6) is 11.5 Å². The summed E-state index contributed by atoms with van der Waals surface area (Å²) in [5.74, 6) is 1.95. The van der Waals surface area contributed by atoms with Crippen LogP contribution >= 0.6 is 12.2 Å². The summed E-state index contributed by atoms with van der Waals surface area (Å²) in [6.07, 6.45) is 1.68. The molecule has 0 aliphatic carbocycles. The predicted octanol–water partition coefficient (Wildman–Crippen LogP) is 3.72. The molecule has 1 heterocycles. The van der Waals surface area contributed by atoms with Crippen LogP contribution in [0.4, 0.5) is 0 Å². The fourth-order valence-electron chi connectivity index (χ4n) is 2.31. The van der Waals surface area contributed by atoms with E-state index in [4.69, 9.17) is 21.7 Å². The molecule has 0 spiro atoms. The SMILES string of the molecule is COc1cccc(/C=N/n2c(C)n[nH]c2=S)c1OCc1ccccc1. The molecule has 3 aromatic rings. The summed E-state index contributed by atoms with van der Waals surface area (Å²) >= 11 is 5.16. The summed E-state index contributed by atoms with van der Waals surface area (Å²) in [5, 5.41) is 11.1. The van der Waals surface area contributed by atoms with Crippen LogP contribution < -0.4 is 9.47 Å². The molecule has 1 N–H and O–H groups in total. The van der Waals surface area contributed by atoms with Crippen LogP contribution in [0.25, 0.3) is 0 Å². The summed E-state index contributed by atoms with van der Waals surface area (Å²) in [6.45, 7) is 2.26. The van der Waals surface area contributed by atoms with Crippen molar-refractivity contribution >= 4 is 18.4 Å². The van der Waals surface area contributed by atoms with Gasteiger partial charge in [-0.3, -0.25) is 5.10 Å². The number of ether oxygens (including phenoxy) is 2. The number of para-hydroxylation sites is 1. The van der Waals surface area contributed by atoms with Gasteiger partial charge in [0, 0.05) is 5.56 Å². The van der Waals surface area contributed by atoms with Crippen LogP contribution in [0.1, 0.15) is 17.0 Å². The molecule has 0 radical (unpaired) electrons. The van der Waals surface area contributed by atoms with E-state index in [1.165, 1.54) is 0 Å². The Bertz CT molecular complexity index is 932. The fourth-order valence-corrected chi connectivity index (χ4v) is 2.53. The predicted molar refractivity (Wildman–Crippen MR) is 98.9 cm³/mol. The van der Waals surface area contributed by atoms with Crippen molar-refractivity contribution in [2.24, 2.45) is 5.10 Å². The Hall–Kier alpha value is -2.93. The highest BCUT2D eigenvalue weighted by Gasteiger charge is 2.10. The zero-order chi connectivity index (χ0) is 17.6. The molecule has 128 valence electrons. The number of hydrogen-bond acceptors (Lipinski definition) is 5. The first-order valence-corrected chi connectivity index (χ1v) is 8.12. The highest BCUT2D eigenvalue weighted by atomic mass is 32.1. The largest absolute Gasteiger partial charge is 0.493 e. The van der Waals surface area contributed by atoms with Gasteiger partial charge in [-0.1, -0.05) is 36.4 Å². The van der Waals surface area contributed by atoms with Gasteiger partial charge in [-0.05, 0) is 36.8 Å². The summed E-state index contributed by atoms with van der Waals surface area (Å²) in [4.78, 5) is 0. The standard InChI is InChI=1S/C18H18N4O2S/c1-13-20-21-18(25)22(13)19-11-15-9-6-10-16(23-2)17(15)24-12-14-7-4-3-5-8-14/h3-11H,12H2,1-2H3,(H,21,25)/b19-11+. The van der Waals surface area contributed by atoms with E-state index < -0.39 is 0 Å². The van der Waals surface area contributed by atoms with Crippen LogP contribution in [0.2, 0.25) is 0 Å². The second-order valence-electron chi connectivity index (χ2n) is 5.29. The van der Waals surface area contributed by atoms with Gasteiger partial charge in [0.05, 0.1) is 13.3 Å². The molecule has 0 aliphatic heterocycles. The zero-order valence-corrected chi connectivity index (χ0v) is 14.8. The maximum atomic E-state index is 6.00. The Labute approximate surface area is 150 Å². The Morgan fingerprint density at radius 3 is 2.68 bits per heavy atom. The average molecular weight is 354 g/mol. The first kappa shape index (κ1) is 16.9. The molecule has 0 unspecified atom stereocenters. The molecule has 25 heavy (non-hydrogen) atoms. The molecule has 0 atom stereocenters. The average Bonchev–Trinajstić information content (AvgIpc) is 2.97. The lowest BCUT2D eigenvalue weighted by Gasteiger charge is -2.13. The van der Waals surface area contributed by atoms with Gasteiger partial charge in [-0.2, -0.15) is 14.9 Å². The smallest absolute Gasteiger partial charge is 0.216 e. The van der Waals surface area contributed by atoms with E-state index in [0.29, 0.717) is 28.7 Å². The van der Waals surface area contributed by atoms with Crippen molar-refractivity contribution in [2.45, 2.75) is 13.5 Å². The monoisotopic (exact) mass is 354 g/mol.